The fourth-order valence-electron chi connectivity index (χ4n) is 2.98. The van der Waals surface area contributed by atoms with Gasteiger partial charge in [-0.3, -0.25) is 0 Å². The number of rotatable bonds is 6. The number of carboxylic acids is 1. The lowest BCUT2D eigenvalue weighted by Gasteiger charge is -2.36. The van der Waals surface area contributed by atoms with Crippen LogP contribution in [0.3, 0.4) is 0 Å². The Morgan fingerprint density at radius 2 is 2.00 bits per heavy atom. The van der Waals surface area contributed by atoms with Gasteiger partial charge in [-0.2, -0.15) is 0 Å². The lowest BCUT2D eigenvalue weighted by molar-refractivity contribution is -0.144. The van der Waals surface area contributed by atoms with Crippen LogP contribution in [0.2, 0.25) is 0 Å². The minimum absolute atomic E-state index is 0.206. The van der Waals surface area contributed by atoms with Gasteiger partial charge in [-0.05, 0) is 37.5 Å². The standard InChI is InChI=1S/C15H26N2O3/c1-2-11-7-9-17(13(10-11)14(18)19)15(20)16-8-3-4-12-5-6-12/h11-13H,2-10H2,1H3,(H,16,20)(H,18,19). The number of hydrogen-bond acceptors (Lipinski definition) is 2. The van der Waals surface area contributed by atoms with E-state index in [1.165, 1.54) is 24.2 Å². The maximum Gasteiger partial charge on any atom is 0.326 e. The summed E-state index contributed by atoms with van der Waals surface area (Å²) in [6, 6.07) is -0.861. The van der Waals surface area contributed by atoms with Crippen molar-refractivity contribution >= 4 is 12.0 Å². The molecule has 20 heavy (non-hydrogen) atoms. The second-order valence-corrected chi connectivity index (χ2v) is 6.16. The van der Waals surface area contributed by atoms with Gasteiger partial charge in [0.2, 0.25) is 0 Å². The monoisotopic (exact) mass is 282 g/mol. The molecule has 0 aromatic heterocycles. The van der Waals surface area contributed by atoms with E-state index in [9.17, 15) is 14.7 Å². The Hall–Kier alpha value is -1.26. The van der Waals surface area contributed by atoms with E-state index in [0.29, 0.717) is 25.4 Å². The smallest absolute Gasteiger partial charge is 0.326 e. The van der Waals surface area contributed by atoms with Crippen molar-refractivity contribution in [2.75, 3.05) is 13.1 Å². The summed E-state index contributed by atoms with van der Waals surface area (Å²) in [5.74, 6) is 0.422. The van der Waals surface area contributed by atoms with E-state index >= 15 is 0 Å². The molecule has 0 aromatic carbocycles. The summed E-state index contributed by atoms with van der Waals surface area (Å²) in [5, 5.41) is 12.2. The maximum atomic E-state index is 12.1. The van der Waals surface area contributed by atoms with Crippen LogP contribution < -0.4 is 5.32 Å². The Bertz CT molecular complexity index is 355. The molecule has 5 nitrogen and oxygen atoms in total. The lowest BCUT2D eigenvalue weighted by atomic mass is 9.89. The molecular formula is C15H26N2O3. The Morgan fingerprint density at radius 3 is 2.60 bits per heavy atom. The molecular weight excluding hydrogens is 256 g/mol. The van der Waals surface area contributed by atoms with Crippen molar-refractivity contribution in [3.05, 3.63) is 0 Å². The van der Waals surface area contributed by atoms with Gasteiger partial charge < -0.3 is 15.3 Å². The SMILES string of the molecule is CCC1CCN(C(=O)NCCCC2CC2)C(C(=O)O)C1. The second kappa shape index (κ2) is 6.95. The van der Waals surface area contributed by atoms with Crippen molar-refractivity contribution in [1.29, 1.82) is 0 Å². The van der Waals surface area contributed by atoms with Gasteiger partial charge in [0.1, 0.15) is 6.04 Å². The van der Waals surface area contributed by atoms with E-state index in [2.05, 4.69) is 12.2 Å². The molecule has 1 saturated heterocycles. The quantitative estimate of drug-likeness (QED) is 0.735. The van der Waals surface area contributed by atoms with Crippen LogP contribution in [0.5, 0.6) is 0 Å². The van der Waals surface area contributed by atoms with Crippen LogP contribution in [0.25, 0.3) is 0 Å². The average molecular weight is 282 g/mol. The number of amides is 2. The van der Waals surface area contributed by atoms with E-state index in [1.54, 1.807) is 0 Å². The fourth-order valence-corrected chi connectivity index (χ4v) is 2.98. The highest BCUT2D eigenvalue weighted by Crippen LogP contribution is 2.33. The molecule has 2 rings (SSSR count). The molecule has 1 saturated carbocycles. The predicted octanol–water partition coefficient (Wildman–Crippen LogP) is 2.46. The number of piperidine rings is 1. The largest absolute Gasteiger partial charge is 0.480 e. The summed E-state index contributed by atoms with van der Waals surface area (Å²) in [7, 11) is 0. The summed E-state index contributed by atoms with van der Waals surface area (Å²) in [6.07, 6.45) is 7.33. The molecule has 0 radical (unpaired) electrons. The third-order valence-electron chi connectivity index (χ3n) is 4.60. The number of nitrogens with one attached hydrogen (secondary N) is 1. The number of likely N-dealkylation sites (tertiary alicyclic amines) is 1. The molecule has 2 fully saturated rings. The number of carbonyl (C=O) groups excluding carboxylic acids is 1. The summed E-state index contributed by atoms with van der Waals surface area (Å²) in [4.78, 5) is 25.0. The molecule has 0 bridgehead atoms. The highest BCUT2D eigenvalue weighted by atomic mass is 16.4. The maximum absolute atomic E-state index is 12.1. The van der Waals surface area contributed by atoms with Crippen LogP contribution in [0.15, 0.2) is 0 Å². The first-order valence-corrected chi connectivity index (χ1v) is 7.89. The number of carbonyl (C=O) groups is 2. The highest BCUT2D eigenvalue weighted by Gasteiger charge is 2.35. The first-order valence-electron chi connectivity index (χ1n) is 7.89. The summed E-state index contributed by atoms with van der Waals surface area (Å²) in [5.41, 5.74) is 0. The Morgan fingerprint density at radius 1 is 1.25 bits per heavy atom. The first-order chi connectivity index (χ1) is 9.61. The average Bonchev–Trinajstić information content (AvgIpc) is 3.26. The Balaban J connectivity index is 1.78. The van der Waals surface area contributed by atoms with E-state index in [0.717, 1.165) is 25.2 Å². The highest BCUT2D eigenvalue weighted by molar-refractivity contribution is 5.82. The number of urea groups is 1. The minimum atomic E-state index is -0.878. The number of carboxylic acid groups (broad SMARTS) is 1. The molecule has 0 aromatic rings. The zero-order chi connectivity index (χ0) is 14.5. The molecule has 1 heterocycles. The third kappa shape index (κ3) is 4.12. The van der Waals surface area contributed by atoms with Crippen LogP contribution in [-0.4, -0.2) is 41.1 Å². The van der Waals surface area contributed by atoms with Crippen molar-refractivity contribution in [2.24, 2.45) is 11.8 Å². The van der Waals surface area contributed by atoms with Gasteiger partial charge in [0.15, 0.2) is 0 Å². The van der Waals surface area contributed by atoms with Crippen molar-refractivity contribution in [1.82, 2.24) is 10.2 Å². The topological polar surface area (TPSA) is 69.6 Å². The van der Waals surface area contributed by atoms with Gasteiger partial charge in [0.25, 0.3) is 0 Å². The van der Waals surface area contributed by atoms with E-state index in [-0.39, 0.29) is 6.03 Å². The van der Waals surface area contributed by atoms with E-state index < -0.39 is 12.0 Å². The zero-order valence-electron chi connectivity index (χ0n) is 12.3. The molecule has 2 unspecified atom stereocenters. The number of hydrogen-bond donors (Lipinski definition) is 2. The number of nitrogens with zero attached hydrogens (tertiary/aromatic N) is 1. The lowest BCUT2D eigenvalue weighted by Crippen LogP contribution is -2.53. The minimum Gasteiger partial charge on any atom is -0.480 e. The third-order valence-corrected chi connectivity index (χ3v) is 4.60. The van der Waals surface area contributed by atoms with E-state index in [1.807, 2.05) is 0 Å². The van der Waals surface area contributed by atoms with Crippen molar-refractivity contribution in [3.63, 3.8) is 0 Å². The van der Waals surface area contributed by atoms with Crippen LogP contribution in [0.1, 0.15) is 51.9 Å². The second-order valence-electron chi connectivity index (χ2n) is 6.16. The molecule has 0 spiro atoms. The predicted molar refractivity (Wildman–Crippen MR) is 76.5 cm³/mol. The normalized spacial score (nSPS) is 26.4. The van der Waals surface area contributed by atoms with Crippen LogP contribution in [0, 0.1) is 11.8 Å². The molecule has 114 valence electrons. The molecule has 1 aliphatic heterocycles. The molecule has 2 atom stereocenters. The van der Waals surface area contributed by atoms with Gasteiger partial charge in [0, 0.05) is 13.1 Å². The van der Waals surface area contributed by atoms with Crippen molar-refractivity contribution in [3.8, 4) is 0 Å². The molecule has 2 aliphatic rings. The zero-order valence-corrected chi connectivity index (χ0v) is 12.3. The van der Waals surface area contributed by atoms with Gasteiger partial charge in [-0.15, -0.1) is 0 Å². The number of aliphatic carboxylic acids is 1. The van der Waals surface area contributed by atoms with Crippen LogP contribution in [-0.2, 0) is 4.79 Å². The van der Waals surface area contributed by atoms with Gasteiger partial charge >= 0.3 is 12.0 Å². The summed E-state index contributed by atoms with van der Waals surface area (Å²) < 4.78 is 0. The summed E-state index contributed by atoms with van der Waals surface area (Å²) in [6.45, 7) is 3.30. The summed E-state index contributed by atoms with van der Waals surface area (Å²) >= 11 is 0. The van der Waals surface area contributed by atoms with Crippen molar-refractivity contribution < 1.29 is 14.7 Å². The first kappa shape index (κ1) is 15.1. The van der Waals surface area contributed by atoms with Gasteiger partial charge in [-0.25, -0.2) is 9.59 Å². The Kier molecular flexibility index (Phi) is 5.26. The fraction of sp³-hybridized carbons (Fsp3) is 0.867. The van der Waals surface area contributed by atoms with E-state index in [4.69, 9.17) is 0 Å². The molecule has 2 N–H and O–H groups in total. The molecule has 5 heteroatoms. The van der Waals surface area contributed by atoms with Crippen LogP contribution >= 0.6 is 0 Å². The van der Waals surface area contributed by atoms with Gasteiger partial charge in [0.05, 0.1) is 0 Å². The molecule has 1 aliphatic carbocycles. The van der Waals surface area contributed by atoms with Crippen molar-refractivity contribution in [2.45, 2.75) is 57.9 Å². The van der Waals surface area contributed by atoms with Crippen LogP contribution in [0.4, 0.5) is 4.79 Å². The van der Waals surface area contributed by atoms with Gasteiger partial charge in [-0.1, -0.05) is 26.2 Å². The Labute approximate surface area is 120 Å². The molecule has 2 amide bonds.